The van der Waals surface area contributed by atoms with Gasteiger partial charge in [-0.2, -0.15) is 0 Å². The minimum Gasteiger partial charge on any atom is -0.492 e. The largest absolute Gasteiger partial charge is 0.492 e. The van der Waals surface area contributed by atoms with Gasteiger partial charge in [-0.25, -0.2) is 9.78 Å². The maximum atomic E-state index is 12.5. The standard InChI is InChI=1S/C20H28N4O2S/c1-2-26-16-9-6-10-17-18(16)22-20(27-17)24-13-11-23(12-14-24)19(25)21-15-7-4-3-5-8-15/h6,9-10,15H,2-5,7-8,11-14H2,1H3,(H,21,25). The number of amides is 2. The summed E-state index contributed by atoms with van der Waals surface area (Å²) < 4.78 is 6.85. The van der Waals surface area contributed by atoms with Crippen molar-refractivity contribution in [3.8, 4) is 5.75 Å². The number of nitrogens with zero attached hydrogens (tertiary/aromatic N) is 3. The number of nitrogens with one attached hydrogen (secondary N) is 1. The van der Waals surface area contributed by atoms with Crippen molar-refractivity contribution in [1.29, 1.82) is 0 Å². The topological polar surface area (TPSA) is 57.7 Å². The van der Waals surface area contributed by atoms with Crippen molar-refractivity contribution < 1.29 is 9.53 Å². The lowest BCUT2D eigenvalue weighted by molar-refractivity contribution is 0.186. The zero-order chi connectivity index (χ0) is 18.6. The Morgan fingerprint density at radius 2 is 2.00 bits per heavy atom. The summed E-state index contributed by atoms with van der Waals surface area (Å²) >= 11 is 1.70. The molecule has 0 atom stereocenters. The van der Waals surface area contributed by atoms with Gasteiger partial charge in [-0.15, -0.1) is 0 Å². The smallest absolute Gasteiger partial charge is 0.317 e. The fourth-order valence-corrected chi connectivity index (χ4v) is 4.97. The van der Waals surface area contributed by atoms with E-state index in [1.165, 1.54) is 19.3 Å². The van der Waals surface area contributed by atoms with Crippen LogP contribution in [0.3, 0.4) is 0 Å². The number of carbonyl (C=O) groups excluding carboxylic acids is 1. The predicted molar refractivity (Wildman–Crippen MR) is 110 cm³/mol. The lowest BCUT2D eigenvalue weighted by atomic mass is 9.96. The monoisotopic (exact) mass is 388 g/mol. The number of hydrogen-bond acceptors (Lipinski definition) is 5. The van der Waals surface area contributed by atoms with E-state index in [1.54, 1.807) is 11.3 Å². The van der Waals surface area contributed by atoms with Gasteiger partial charge in [0.15, 0.2) is 5.13 Å². The Bertz CT molecular complexity index is 779. The molecule has 1 aliphatic heterocycles. The number of piperazine rings is 1. The molecule has 0 bridgehead atoms. The van der Waals surface area contributed by atoms with Gasteiger partial charge in [-0.05, 0) is 31.9 Å². The molecule has 1 N–H and O–H groups in total. The molecule has 2 heterocycles. The van der Waals surface area contributed by atoms with Crippen LogP contribution in [0.15, 0.2) is 18.2 Å². The second-order valence-electron chi connectivity index (χ2n) is 7.29. The zero-order valence-electron chi connectivity index (χ0n) is 15.9. The first kappa shape index (κ1) is 18.3. The fourth-order valence-electron chi connectivity index (χ4n) is 3.93. The first-order valence-corrected chi connectivity index (χ1v) is 10.9. The highest BCUT2D eigenvalue weighted by atomic mass is 32.1. The van der Waals surface area contributed by atoms with Crippen LogP contribution in [0.5, 0.6) is 5.75 Å². The molecule has 2 aliphatic rings. The molecular weight excluding hydrogens is 360 g/mol. The second kappa shape index (κ2) is 8.33. The minimum atomic E-state index is 0.101. The van der Waals surface area contributed by atoms with E-state index in [-0.39, 0.29) is 6.03 Å². The summed E-state index contributed by atoms with van der Waals surface area (Å²) in [7, 11) is 0. The van der Waals surface area contributed by atoms with Crippen molar-refractivity contribution in [2.45, 2.75) is 45.1 Å². The van der Waals surface area contributed by atoms with Crippen LogP contribution in [0.1, 0.15) is 39.0 Å². The number of hydrogen-bond donors (Lipinski definition) is 1. The Balaban J connectivity index is 1.36. The van der Waals surface area contributed by atoms with Gasteiger partial charge in [-0.3, -0.25) is 0 Å². The highest BCUT2D eigenvalue weighted by molar-refractivity contribution is 7.22. The van der Waals surface area contributed by atoms with Crippen LogP contribution in [0.25, 0.3) is 10.2 Å². The summed E-state index contributed by atoms with van der Waals surface area (Å²) in [5.41, 5.74) is 0.942. The Kier molecular flexibility index (Phi) is 5.66. The molecule has 0 spiro atoms. The SMILES string of the molecule is CCOc1cccc2sc(N3CCN(C(=O)NC4CCCCC4)CC3)nc12. The quantitative estimate of drug-likeness (QED) is 0.864. The number of benzene rings is 1. The average molecular weight is 389 g/mol. The number of urea groups is 1. The number of carbonyl (C=O) groups is 1. The number of aromatic nitrogens is 1. The van der Waals surface area contributed by atoms with Gasteiger partial charge in [-0.1, -0.05) is 36.7 Å². The maximum Gasteiger partial charge on any atom is 0.317 e. The Morgan fingerprint density at radius 1 is 1.22 bits per heavy atom. The summed E-state index contributed by atoms with van der Waals surface area (Å²) in [5, 5.41) is 4.24. The van der Waals surface area contributed by atoms with E-state index in [9.17, 15) is 4.79 Å². The van der Waals surface area contributed by atoms with Crippen LogP contribution >= 0.6 is 11.3 Å². The molecule has 2 fully saturated rings. The van der Waals surface area contributed by atoms with Crippen molar-refractivity contribution in [2.24, 2.45) is 0 Å². The summed E-state index contributed by atoms with van der Waals surface area (Å²) in [6.07, 6.45) is 6.03. The minimum absolute atomic E-state index is 0.101. The first-order valence-electron chi connectivity index (χ1n) is 10.1. The molecule has 1 aromatic heterocycles. The van der Waals surface area contributed by atoms with Crippen molar-refractivity contribution in [3.05, 3.63) is 18.2 Å². The Hall–Kier alpha value is -2.02. The molecule has 2 aromatic rings. The van der Waals surface area contributed by atoms with Crippen LogP contribution in [-0.2, 0) is 0 Å². The van der Waals surface area contributed by atoms with Gasteiger partial charge in [0, 0.05) is 32.2 Å². The number of rotatable bonds is 4. The molecule has 4 rings (SSSR count). The van der Waals surface area contributed by atoms with Crippen LogP contribution in [0.4, 0.5) is 9.93 Å². The molecule has 146 valence electrons. The van der Waals surface area contributed by atoms with Crippen molar-refractivity contribution in [2.75, 3.05) is 37.7 Å². The molecule has 1 aromatic carbocycles. The third-order valence-corrected chi connectivity index (χ3v) is 6.52. The van der Waals surface area contributed by atoms with Crippen LogP contribution in [0, 0.1) is 0 Å². The predicted octanol–water partition coefficient (Wildman–Crippen LogP) is 3.86. The molecule has 0 radical (unpaired) electrons. The molecule has 0 unspecified atom stereocenters. The van der Waals surface area contributed by atoms with E-state index in [2.05, 4.69) is 16.3 Å². The molecule has 1 saturated heterocycles. The van der Waals surface area contributed by atoms with Crippen molar-refractivity contribution >= 4 is 32.7 Å². The van der Waals surface area contributed by atoms with Gasteiger partial charge in [0.2, 0.25) is 0 Å². The van der Waals surface area contributed by atoms with Crippen LogP contribution in [0.2, 0.25) is 0 Å². The van der Waals surface area contributed by atoms with Gasteiger partial charge < -0.3 is 19.9 Å². The summed E-state index contributed by atoms with van der Waals surface area (Å²) in [6, 6.07) is 6.55. The number of anilines is 1. The average Bonchev–Trinajstić information content (AvgIpc) is 3.14. The molecule has 1 saturated carbocycles. The van der Waals surface area contributed by atoms with Crippen LogP contribution in [-0.4, -0.2) is 54.7 Å². The lowest BCUT2D eigenvalue weighted by Crippen LogP contribution is -2.53. The van der Waals surface area contributed by atoms with E-state index < -0.39 is 0 Å². The zero-order valence-corrected chi connectivity index (χ0v) is 16.8. The lowest BCUT2D eigenvalue weighted by Gasteiger charge is -2.35. The normalized spacial score (nSPS) is 18.7. The second-order valence-corrected chi connectivity index (χ2v) is 8.30. The molecule has 2 amide bonds. The molecule has 7 heteroatoms. The fraction of sp³-hybridized carbons (Fsp3) is 0.600. The van der Waals surface area contributed by atoms with Gasteiger partial charge in [0.25, 0.3) is 0 Å². The third-order valence-electron chi connectivity index (χ3n) is 5.44. The Morgan fingerprint density at radius 3 is 2.74 bits per heavy atom. The van der Waals surface area contributed by atoms with Gasteiger partial charge in [0.05, 0.1) is 11.3 Å². The van der Waals surface area contributed by atoms with E-state index in [0.717, 1.165) is 60.1 Å². The van der Waals surface area contributed by atoms with E-state index in [4.69, 9.17) is 9.72 Å². The molecule has 1 aliphatic carbocycles. The number of thiazole rings is 1. The number of fused-ring (bicyclic) bond motifs is 1. The summed E-state index contributed by atoms with van der Waals surface area (Å²) in [6.45, 7) is 5.76. The maximum absolute atomic E-state index is 12.5. The summed E-state index contributed by atoms with van der Waals surface area (Å²) in [4.78, 5) is 21.6. The van der Waals surface area contributed by atoms with Crippen molar-refractivity contribution in [1.82, 2.24) is 15.2 Å². The van der Waals surface area contributed by atoms with Crippen LogP contribution < -0.4 is 15.0 Å². The van der Waals surface area contributed by atoms with E-state index in [1.807, 2.05) is 24.0 Å². The Labute approximate surface area is 164 Å². The molecular formula is C20H28N4O2S. The van der Waals surface area contributed by atoms with E-state index >= 15 is 0 Å². The molecule has 27 heavy (non-hydrogen) atoms. The number of para-hydroxylation sites is 1. The molecule has 6 nitrogen and oxygen atoms in total. The highest BCUT2D eigenvalue weighted by Crippen LogP contribution is 2.34. The van der Waals surface area contributed by atoms with Crippen molar-refractivity contribution in [3.63, 3.8) is 0 Å². The van der Waals surface area contributed by atoms with E-state index in [0.29, 0.717) is 12.6 Å². The van der Waals surface area contributed by atoms with Gasteiger partial charge >= 0.3 is 6.03 Å². The summed E-state index contributed by atoms with van der Waals surface area (Å²) in [5.74, 6) is 0.850. The number of ether oxygens (including phenoxy) is 1. The highest BCUT2D eigenvalue weighted by Gasteiger charge is 2.25. The first-order chi connectivity index (χ1) is 13.2. The van der Waals surface area contributed by atoms with Gasteiger partial charge in [0.1, 0.15) is 11.3 Å². The third kappa shape index (κ3) is 4.13.